The Morgan fingerprint density at radius 1 is 1.11 bits per heavy atom. The van der Waals surface area contributed by atoms with E-state index in [1.165, 1.54) is 30.0 Å². The van der Waals surface area contributed by atoms with Crippen LogP contribution in [0.1, 0.15) is 45.1 Å². The van der Waals surface area contributed by atoms with Crippen LogP contribution in [0.4, 0.5) is 0 Å². The fourth-order valence-corrected chi connectivity index (χ4v) is 3.42. The number of benzene rings is 2. The largest absolute Gasteiger partial charge is 0.395 e. The maximum atomic E-state index is 10.2. The van der Waals surface area contributed by atoms with Crippen molar-refractivity contribution in [1.29, 1.82) is 0 Å². The molecule has 2 aromatic carbocycles. The molecule has 0 bridgehead atoms. The van der Waals surface area contributed by atoms with Gasteiger partial charge in [0.25, 0.3) is 0 Å². The molecule has 0 aromatic heterocycles. The number of hydrogen-bond donors (Lipinski definition) is 2. The molecule has 0 aliphatic carbocycles. The van der Waals surface area contributed by atoms with Crippen molar-refractivity contribution in [2.75, 3.05) is 19.7 Å². The first kappa shape index (κ1) is 22.1. The van der Waals surface area contributed by atoms with Gasteiger partial charge in [0.05, 0.1) is 6.61 Å². The minimum absolute atomic E-state index is 0.0680. The van der Waals surface area contributed by atoms with E-state index in [1.807, 2.05) is 6.07 Å². The summed E-state index contributed by atoms with van der Waals surface area (Å²) in [5, 5.41) is 12.1. The lowest BCUT2D eigenvalue weighted by molar-refractivity contribution is -0.118. The Labute approximate surface area is 169 Å². The zero-order valence-electron chi connectivity index (χ0n) is 17.2. The normalized spacial score (nSPS) is 16.3. The summed E-state index contributed by atoms with van der Waals surface area (Å²) in [6.07, 6.45) is 4.55. The Bertz CT molecular complexity index is 686. The van der Waals surface area contributed by atoms with E-state index in [9.17, 15) is 9.90 Å². The number of carbonyl (C=O) groups is 1. The molecule has 4 heteroatoms. The van der Waals surface area contributed by atoms with Crippen LogP contribution in [-0.4, -0.2) is 41.7 Å². The van der Waals surface area contributed by atoms with Crippen LogP contribution in [0.15, 0.2) is 54.6 Å². The number of amides is 1. The van der Waals surface area contributed by atoms with Crippen molar-refractivity contribution in [3.8, 4) is 11.1 Å². The molecule has 1 saturated heterocycles. The van der Waals surface area contributed by atoms with Crippen LogP contribution in [0, 0.1) is 0 Å². The molecule has 1 aliphatic rings. The van der Waals surface area contributed by atoms with Gasteiger partial charge in [0.1, 0.15) is 0 Å². The maximum Gasteiger partial charge on any atom is 0.216 e. The molecule has 0 spiro atoms. The zero-order chi connectivity index (χ0) is 20.2. The first-order chi connectivity index (χ1) is 13.6. The second-order valence-corrected chi connectivity index (χ2v) is 7.35. The molecule has 4 nitrogen and oxygen atoms in total. The Balaban J connectivity index is 0.000000300. The smallest absolute Gasteiger partial charge is 0.216 e. The Hall–Kier alpha value is -2.17. The second kappa shape index (κ2) is 12.3. The highest BCUT2D eigenvalue weighted by atomic mass is 16.3. The van der Waals surface area contributed by atoms with Crippen LogP contribution in [0.3, 0.4) is 0 Å². The Morgan fingerprint density at radius 3 is 2.39 bits per heavy atom. The van der Waals surface area contributed by atoms with Gasteiger partial charge in [-0.25, -0.2) is 0 Å². The van der Waals surface area contributed by atoms with Crippen LogP contribution in [0.2, 0.25) is 0 Å². The molecule has 1 fully saturated rings. The van der Waals surface area contributed by atoms with Gasteiger partial charge in [-0.15, -0.1) is 0 Å². The van der Waals surface area contributed by atoms with E-state index in [4.69, 9.17) is 0 Å². The third-order valence-electron chi connectivity index (χ3n) is 5.06. The highest BCUT2D eigenvalue weighted by Gasteiger charge is 2.23. The van der Waals surface area contributed by atoms with Crippen molar-refractivity contribution >= 4 is 5.91 Å². The molecule has 28 heavy (non-hydrogen) atoms. The lowest BCUT2D eigenvalue weighted by Crippen LogP contribution is -2.31. The second-order valence-electron chi connectivity index (χ2n) is 7.35. The summed E-state index contributed by atoms with van der Waals surface area (Å²) in [6, 6.07) is 19.6. The molecule has 1 atom stereocenters. The van der Waals surface area contributed by atoms with Gasteiger partial charge in [0.2, 0.25) is 5.91 Å². The molecule has 1 amide bonds. The van der Waals surface area contributed by atoms with Crippen LogP contribution in [0.25, 0.3) is 11.1 Å². The third-order valence-corrected chi connectivity index (χ3v) is 5.06. The number of rotatable bonds is 7. The number of carbonyl (C=O) groups excluding carboxylic acids is 1. The molecular formula is C24H34N2O2. The molecule has 2 N–H and O–H groups in total. The summed E-state index contributed by atoms with van der Waals surface area (Å²) in [5.74, 6) is 0.0680. The number of aliphatic hydroxyl groups excluding tert-OH is 1. The number of unbranched alkanes of at least 4 members (excludes halogenated alkanes) is 1. The first-order valence-electron chi connectivity index (χ1n) is 10.4. The van der Waals surface area contributed by atoms with Crippen molar-refractivity contribution < 1.29 is 9.90 Å². The van der Waals surface area contributed by atoms with E-state index >= 15 is 0 Å². The minimum Gasteiger partial charge on any atom is -0.395 e. The monoisotopic (exact) mass is 382 g/mol. The quantitative estimate of drug-likeness (QED) is 0.705. The molecule has 1 heterocycles. The molecule has 0 radical (unpaired) electrons. The third kappa shape index (κ3) is 7.45. The molecule has 2 aromatic rings. The van der Waals surface area contributed by atoms with Gasteiger partial charge in [-0.1, -0.05) is 67.9 Å². The van der Waals surface area contributed by atoms with E-state index in [0.717, 1.165) is 38.9 Å². The first-order valence-corrected chi connectivity index (χ1v) is 10.4. The van der Waals surface area contributed by atoms with Gasteiger partial charge < -0.3 is 10.4 Å². The topological polar surface area (TPSA) is 52.6 Å². The average Bonchev–Trinajstić information content (AvgIpc) is 3.17. The summed E-state index contributed by atoms with van der Waals surface area (Å²) >= 11 is 0. The van der Waals surface area contributed by atoms with Gasteiger partial charge in [-0.05, 0) is 42.5 Å². The van der Waals surface area contributed by atoms with Crippen molar-refractivity contribution in [2.24, 2.45) is 0 Å². The number of hydrogen-bond acceptors (Lipinski definition) is 3. The SMILES string of the molecule is CCCCNC(C)=O.OCC1CCCN1Cc1ccc(-c2ccccc2)cc1. The van der Waals surface area contributed by atoms with Crippen LogP contribution in [0.5, 0.6) is 0 Å². The van der Waals surface area contributed by atoms with Gasteiger partial charge in [0.15, 0.2) is 0 Å². The predicted octanol–water partition coefficient (Wildman–Crippen LogP) is 4.23. The van der Waals surface area contributed by atoms with Gasteiger partial charge >= 0.3 is 0 Å². The van der Waals surface area contributed by atoms with Gasteiger partial charge in [0, 0.05) is 26.1 Å². The zero-order valence-corrected chi connectivity index (χ0v) is 17.2. The highest BCUT2D eigenvalue weighted by Crippen LogP contribution is 2.22. The molecule has 152 valence electrons. The molecule has 0 saturated carbocycles. The van der Waals surface area contributed by atoms with Gasteiger partial charge in [-0.3, -0.25) is 9.69 Å². The van der Waals surface area contributed by atoms with Gasteiger partial charge in [-0.2, -0.15) is 0 Å². The summed E-state index contributed by atoms with van der Waals surface area (Å²) in [6.45, 7) is 6.79. The van der Waals surface area contributed by atoms with Crippen molar-refractivity contribution in [3.05, 3.63) is 60.2 Å². The molecular weight excluding hydrogens is 348 g/mol. The van der Waals surface area contributed by atoms with Crippen LogP contribution >= 0.6 is 0 Å². The number of likely N-dealkylation sites (tertiary alicyclic amines) is 1. The maximum absolute atomic E-state index is 10.2. The fraction of sp³-hybridized carbons (Fsp3) is 0.458. The summed E-state index contributed by atoms with van der Waals surface area (Å²) in [4.78, 5) is 12.6. The Morgan fingerprint density at radius 2 is 1.79 bits per heavy atom. The standard InChI is InChI=1S/C18H21NO.C6H13NO/c20-14-18-7-4-12-19(18)13-15-8-10-17(11-9-15)16-5-2-1-3-6-16;1-3-4-5-7-6(2)8/h1-3,5-6,8-11,18,20H,4,7,12-14H2;3-5H2,1-2H3,(H,7,8). The summed E-state index contributed by atoms with van der Waals surface area (Å²) in [7, 11) is 0. The lowest BCUT2D eigenvalue weighted by Gasteiger charge is -2.22. The predicted molar refractivity (Wildman–Crippen MR) is 116 cm³/mol. The van der Waals surface area contributed by atoms with Crippen molar-refractivity contribution in [3.63, 3.8) is 0 Å². The molecule has 3 rings (SSSR count). The number of aliphatic hydroxyl groups is 1. The van der Waals surface area contributed by atoms with Crippen LogP contribution < -0.4 is 5.32 Å². The van der Waals surface area contributed by atoms with Crippen molar-refractivity contribution in [2.45, 2.75) is 52.1 Å². The summed E-state index contributed by atoms with van der Waals surface area (Å²) < 4.78 is 0. The van der Waals surface area contributed by atoms with E-state index in [-0.39, 0.29) is 12.5 Å². The fourth-order valence-electron chi connectivity index (χ4n) is 3.42. The lowest BCUT2D eigenvalue weighted by atomic mass is 10.0. The van der Waals surface area contributed by atoms with E-state index in [0.29, 0.717) is 6.04 Å². The number of nitrogens with one attached hydrogen (secondary N) is 1. The number of nitrogens with zero attached hydrogens (tertiary/aromatic N) is 1. The highest BCUT2D eigenvalue weighted by molar-refractivity contribution is 5.72. The summed E-state index contributed by atoms with van der Waals surface area (Å²) in [5.41, 5.74) is 3.84. The average molecular weight is 383 g/mol. The van der Waals surface area contributed by atoms with E-state index < -0.39 is 0 Å². The minimum atomic E-state index is 0.0680. The molecule has 1 unspecified atom stereocenters. The molecule has 1 aliphatic heterocycles. The van der Waals surface area contributed by atoms with E-state index in [1.54, 1.807) is 0 Å². The van der Waals surface area contributed by atoms with E-state index in [2.05, 4.69) is 65.7 Å². The van der Waals surface area contributed by atoms with Crippen LogP contribution in [-0.2, 0) is 11.3 Å². The Kier molecular flexibility index (Phi) is 9.73. The van der Waals surface area contributed by atoms with Crippen molar-refractivity contribution in [1.82, 2.24) is 10.2 Å².